The maximum absolute atomic E-state index is 14.2. The van der Waals surface area contributed by atoms with Crippen molar-refractivity contribution >= 4 is 47.4 Å². The SMILES string of the molecule is CC[C@H](C)[C@H](NC(=O)[C@H](C)NC(=O)[C@H](C)NC(=O)[C@@H](N)CC(=O)O)C(=O)N[C@@H](Cc1cnc[nH]1)C(=O)N1CCC[C@H]1C(=O)N[C@@H](Cc1ccccc1)C(=O)O. The predicted molar refractivity (Wildman–Crippen MR) is 195 cm³/mol. The lowest BCUT2D eigenvalue weighted by molar-refractivity contribution is -0.145. The molecule has 0 radical (unpaired) electrons. The molecule has 0 bridgehead atoms. The van der Waals surface area contributed by atoms with Crippen LogP contribution in [0.15, 0.2) is 42.9 Å². The summed E-state index contributed by atoms with van der Waals surface area (Å²) in [4.78, 5) is 111. The molecule has 1 aliphatic heterocycles. The van der Waals surface area contributed by atoms with Crippen molar-refractivity contribution in [1.82, 2.24) is 41.5 Å². The summed E-state index contributed by atoms with van der Waals surface area (Å²) in [5, 5.41) is 31.4. The van der Waals surface area contributed by atoms with Gasteiger partial charge in [-0.15, -0.1) is 0 Å². The van der Waals surface area contributed by atoms with Crippen LogP contribution in [0.4, 0.5) is 0 Å². The van der Waals surface area contributed by atoms with E-state index in [0.717, 1.165) is 0 Å². The minimum atomic E-state index is -1.39. The van der Waals surface area contributed by atoms with Crippen molar-refractivity contribution < 1.29 is 48.6 Å². The summed E-state index contributed by atoms with van der Waals surface area (Å²) in [5.74, 6) is -7.31. The average molecular weight is 770 g/mol. The third-order valence-corrected chi connectivity index (χ3v) is 9.36. The molecular formula is C36H51N9O10. The summed E-state index contributed by atoms with van der Waals surface area (Å²) >= 11 is 0. The molecule has 55 heavy (non-hydrogen) atoms. The molecule has 0 aliphatic carbocycles. The van der Waals surface area contributed by atoms with Gasteiger partial charge in [0.25, 0.3) is 0 Å². The number of carboxylic acid groups (broad SMARTS) is 2. The number of imidazole rings is 1. The number of carbonyl (C=O) groups is 8. The number of rotatable bonds is 20. The van der Waals surface area contributed by atoms with E-state index < -0.39 is 102 Å². The second-order valence-corrected chi connectivity index (χ2v) is 13.7. The smallest absolute Gasteiger partial charge is 0.326 e. The first-order chi connectivity index (χ1) is 26.0. The van der Waals surface area contributed by atoms with Crippen molar-refractivity contribution in [2.45, 2.75) is 109 Å². The van der Waals surface area contributed by atoms with Crippen LogP contribution in [0.1, 0.15) is 64.6 Å². The molecule has 8 atom stereocenters. The Balaban J connectivity index is 1.73. The highest BCUT2D eigenvalue weighted by molar-refractivity contribution is 5.97. The molecule has 6 amide bonds. The van der Waals surface area contributed by atoms with Crippen LogP contribution in [-0.2, 0) is 51.2 Å². The van der Waals surface area contributed by atoms with E-state index in [1.165, 1.54) is 31.3 Å². The summed E-state index contributed by atoms with van der Waals surface area (Å²) in [6.45, 7) is 6.37. The molecule has 1 saturated heterocycles. The summed E-state index contributed by atoms with van der Waals surface area (Å²) in [6, 6.07) is 0.386. The van der Waals surface area contributed by atoms with Gasteiger partial charge in [-0.2, -0.15) is 0 Å². The molecule has 0 saturated carbocycles. The number of aromatic amines is 1. The van der Waals surface area contributed by atoms with Crippen molar-refractivity contribution in [2.75, 3.05) is 6.54 Å². The summed E-state index contributed by atoms with van der Waals surface area (Å²) < 4.78 is 0. The number of amides is 6. The van der Waals surface area contributed by atoms with Crippen LogP contribution in [-0.4, -0.2) is 121 Å². The Morgan fingerprint density at radius 3 is 2.07 bits per heavy atom. The largest absolute Gasteiger partial charge is 0.481 e. The molecule has 0 spiro atoms. The Morgan fingerprint density at radius 1 is 0.855 bits per heavy atom. The van der Waals surface area contributed by atoms with Gasteiger partial charge in [-0.05, 0) is 38.2 Å². The summed E-state index contributed by atoms with van der Waals surface area (Å²) in [6.07, 6.45) is 3.37. The molecule has 1 fully saturated rings. The van der Waals surface area contributed by atoms with Crippen molar-refractivity contribution in [2.24, 2.45) is 11.7 Å². The number of benzene rings is 1. The summed E-state index contributed by atoms with van der Waals surface area (Å²) in [7, 11) is 0. The van der Waals surface area contributed by atoms with E-state index in [0.29, 0.717) is 24.1 Å². The maximum Gasteiger partial charge on any atom is 0.326 e. The fourth-order valence-electron chi connectivity index (χ4n) is 5.95. The lowest BCUT2D eigenvalue weighted by atomic mass is 9.97. The standard InChI is InChI=1S/C36H51N9O10/c1-5-19(2)29(44-31(49)21(4)40-30(48)20(3)41-32(50)24(37)16-28(46)47)34(52)42-25(15-23-17-38-18-39-23)35(53)45-13-9-12-27(45)33(51)43-26(36(54)55)14-22-10-7-6-8-11-22/h6-8,10-11,17-21,24-27,29H,5,9,12-16,37H2,1-4H3,(H,38,39)(H,40,48)(H,41,50)(H,42,52)(H,43,51)(H,44,49)(H,46,47)(H,54,55)/t19-,20-,21-,24-,25-,26-,27-,29-/m0/s1. The second kappa shape index (κ2) is 20.6. The zero-order valence-corrected chi connectivity index (χ0v) is 31.2. The van der Waals surface area contributed by atoms with Gasteiger partial charge < -0.3 is 52.4 Å². The fraction of sp³-hybridized carbons (Fsp3) is 0.528. The summed E-state index contributed by atoms with van der Waals surface area (Å²) in [5.41, 5.74) is 6.75. The van der Waals surface area contributed by atoms with Gasteiger partial charge in [-0.1, -0.05) is 50.6 Å². The highest BCUT2D eigenvalue weighted by atomic mass is 16.4. The number of carbonyl (C=O) groups excluding carboxylic acids is 6. The first kappa shape index (κ1) is 43.6. The Kier molecular flexibility index (Phi) is 16.3. The molecule has 10 N–H and O–H groups in total. The Bertz CT molecular complexity index is 1670. The van der Waals surface area contributed by atoms with E-state index in [-0.39, 0.29) is 25.8 Å². The van der Waals surface area contributed by atoms with Crippen LogP contribution in [0, 0.1) is 5.92 Å². The van der Waals surface area contributed by atoms with Crippen LogP contribution in [0.5, 0.6) is 0 Å². The Hall–Kier alpha value is -5.85. The minimum Gasteiger partial charge on any atom is -0.481 e. The molecule has 19 heteroatoms. The van der Waals surface area contributed by atoms with Crippen LogP contribution in [0.3, 0.4) is 0 Å². The van der Waals surface area contributed by atoms with Crippen molar-refractivity contribution in [3.05, 3.63) is 54.1 Å². The number of aromatic nitrogens is 2. The number of nitrogens with zero attached hydrogens (tertiary/aromatic N) is 2. The fourth-order valence-corrected chi connectivity index (χ4v) is 5.95. The van der Waals surface area contributed by atoms with Crippen molar-refractivity contribution in [3.63, 3.8) is 0 Å². The van der Waals surface area contributed by atoms with Crippen LogP contribution < -0.4 is 32.3 Å². The van der Waals surface area contributed by atoms with E-state index in [9.17, 15) is 43.5 Å². The number of hydrogen-bond donors (Lipinski definition) is 9. The molecule has 1 aromatic heterocycles. The van der Waals surface area contributed by atoms with Gasteiger partial charge in [-0.3, -0.25) is 33.6 Å². The van der Waals surface area contributed by atoms with Gasteiger partial charge in [0.2, 0.25) is 35.4 Å². The maximum atomic E-state index is 14.2. The van der Waals surface area contributed by atoms with E-state index in [1.807, 2.05) is 0 Å². The number of H-pyrrole nitrogens is 1. The highest BCUT2D eigenvalue weighted by Gasteiger charge is 2.40. The van der Waals surface area contributed by atoms with Gasteiger partial charge in [0.15, 0.2) is 0 Å². The number of nitrogens with two attached hydrogens (primary N) is 1. The number of aliphatic carboxylic acids is 2. The van der Waals surface area contributed by atoms with Gasteiger partial charge in [0.1, 0.15) is 36.3 Å². The molecule has 300 valence electrons. The lowest BCUT2D eigenvalue weighted by Gasteiger charge is -2.31. The number of hydrogen-bond acceptors (Lipinski definition) is 10. The zero-order valence-electron chi connectivity index (χ0n) is 31.2. The molecule has 19 nitrogen and oxygen atoms in total. The van der Waals surface area contributed by atoms with Gasteiger partial charge in [-0.25, -0.2) is 9.78 Å². The normalized spacial score (nSPS) is 17.6. The molecule has 3 rings (SSSR count). The average Bonchev–Trinajstić information content (AvgIpc) is 3.85. The highest BCUT2D eigenvalue weighted by Crippen LogP contribution is 2.21. The Morgan fingerprint density at radius 2 is 1.49 bits per heavy atom. The van der Waals surface area contributed by atoms with E-state index in [2.05, 4.69) is 36.6 Å². The molecule has 2 heterocycles. The third kappa shape index (κ3) is 12.9. The predicted octanol–water partition coefficient (Wildman–Crippen LogP) is -1.42. The van der Waals surface area contributed by atoms with E-state index >= 15 is 0 Å². The van der Waals surface area contributed by atoms with Crippen LogP contribution in [0.2, 0.25) is 0 Å². The van der Waals surface area contributed by atoms with Crippen LogP contribution in [0.25, 0.3) is 0 Å². The third-order valence-electron chi connectivity index (χ3n) is 9.36. The van der Waals surface area contributed by atoms with Gasteiger partial charge in [0.05, 0.1) is 18.8 Å². The molecular weight excluding hydrogens is 718 g/mol. The molecule has 1 aromatic carbocycles. The zero-order chi connectivity index (χ0) is 40.8. The van der Waals surface area contributed by atoms with Crippen LogP contribution >= 0.6 is 0 Å². The minimum absolute atomic E-state index is 0.0327. The monoisotopic (exact) mass is 769 g/mol. The molecule has 1 aliphatic rings. The van der Waals surface area contributed by atoms with Crippen molar-refractivity contribution in [1.29, 1.82) is 0 Å². The van der Waals surface area contributed by atoms with E-state index in [1.54, 1.807) is 44.2 Å². The molecule has 0 unspecified atom stereocenters. The van der Waals surface area contributed by atoms with Gasteiger partial charge >= 0.3 is 11.9 Å². The molecule has 2 aromatic rings. The number of nitrogens with one attached hydrogen (secondary N) is 6. The number of likely N-dealkylation sites (tertiary alicyclic amines) is 1. The number of carboxylic acids is 2. The first-order valence-corrected chi connectivity index (χ1v) is 18.1. The van der Waals surface area contributed by atoms with Crippen molar-refractivity contribution in [3.8, 4) is 0 Å². The quantitative estimate of drug-likeness (QED) is 0.0750. The first-order valence-electron chi connectivity index (χ1n) is 18.1. The topological polar surface area (TPSA) is 295 Å². The second-order valence-electron chi connectivity index (χ2n) is 13.7. The van der Waals surface area contributed by atoms with Gasteiger partial charge in [0, 0.05) is 31.3 Å². The Labute approximate surface area is 317 Å². The van der Waals surface area contributed by atoms with E-state index in [4.69, 9.17) is 10.8 Å². The lowest BCUT2D eigenvalue weighted by Crippen LogP contribution is -2.60.